The Hall–Kier alpha value is -3.21. The average Bonchev–Trinajstić information content (AvgIpc) is 3.40. The molecule has 42 heavy (non-hydrogen) atoms. The number of ether oxygens (including phenoxy) is 4. The Balaban J connectivity index is 1.38. The molecule has 11 heteroatoms. The number of benzene rings is 2. The minimum absolute atomic E-state index is 0.0102. The number of H-pyrrole nitrogens is 1. The van der Waals surface area contributed by atoms with Gasteiger partial charge in [-0.25, -0.2) is 4.79 Å². The summed E-state index contributed by atoms with van der Waals surface area (Å²) in [5.74, 6) is -2.88. The van der Waals surface area contributed by atoms with Crippen LogP contribution in [0.4, 0.5) is 0 Å². The normalized spacial score (nSPS) is 16.9. The van der Waals surface area contributed by atoms with Gasteiger partial charge in [0.1, 0.15) is 5.92 Å². The van der Waals surface area contributed by atoms with Gasteiger partial charge in [0, 0.05) is 41.8 Å². The number of methoxy groups -OCH3 is 1. The zero-order valence-electron chi connectivity index (χ0n) is 23.9. The summed E-state index contributed by atoms with van der Waals surface area (Å²) in [5.41, 5.74) is 3.82. The lowest BCUT2D eigenvalue weighted by Crippen LogP contribution is -2.37. The van der Waals surface area contributed by atoms with E-state index in [1.165, 1.54) is 18.1 Å². The first kappa shape index (κ1) is 31.7. The number of aromatic amines is 1. The van der Waals surface area contributed by atoms with E-state index in [1.807, 2.05) is 18.3 Å². The highest BCUT2D eigenvalue weighted by Crippen LogP contribution is 2.44. The van der Waals surface area contributed by atoms with Gasteiger partial charge in [0.15, 0.2) is 0 Å². The number of carbonyl (C=O) groups excluding carboxylic acids is 2. The van der Waals surface area contributed by atoms with Crippen LogP contribution in [0.2, 0.25) is 10.0 Å². The third-order valence-corrected chi connectivity index (χ3v) is 7.84. The van der Waals surface area contributed by atoms with Crippen LogP contribution in [0.3, 0.4) is 0 Å². The number of aromatic nitrogens is 1. The van der Waals surface area contributed by atoms with Crippen LogP contribution in [0, 0.1) is 5.92 Å². The van der Waals surface area contributed by atoms with Gasteiger partial charge in [-0.2, -0.15) is 0 Å². The standard InChI is InChI=1S/C31H35Cl2N3O6/c1-4-42-31(38)28-25(36-19(2)26(30(37)39-3)27(28)22-9-7-10-23(32)29(22)33)18-41-15-14-40-13-12-34-16-20-17-35-24-11-6-5-8-21(20)24/h5-11,17,26-27,34-35H,4,12-16,18H2,1-3H3. The van der Waals surface area contributed by atoms with Crippen molar-refractivity contribution in [3.05, 3.63) is 81.1 Å². The van der Waals surface area contributed by atoms with Gasteiger partial charge in [-0.15, -0.1) is 0 Å². The molecule has 2 heterocycles. The van der Waals surface area contributed by atoms with Crippen LogP contribution in [0.5, 0.6) is 0 Å². The number of rotatable bonds is 14. The number of nitrogens with one attached hydrogen (secondary N) is 2. The van der Waals surface area contributed by atoms with Gasteiger partial charge in [0.2, 0.25) is 0 Å². The second-order valence-electron chi connectivity index (χ2n) is 9.66. The Bertz CT molecular complexity index is 1470. The highest BCUT2D eigenvalue weighted by Gasteiger charge is 2.44. The summed E-state index contributed by atoms with van der Waals surface area (Å²) < 4.78 is 22.0. The van der Waals surface area contributed by atoms with Crippen molar-refractivity contribution in [3.8, 4) is 0 Å². The molecular formula is C31H35Cl2N3O6. The van der Waals surface area contributed by atoms with E-state index in [1.54, 1.807) is 32.0 Å². The number of para-hydroxylation sites is 1. The van der Waals surface area contributed by atoms with E-state index in [2.05, 4.69) is 27.4 Å². The number of hydrogen-bond donors (Lipinski definition) is 2. The fourth-order valence-corrected chi connectivity index (χ4v) is 5.48. The van der Waals surface area contributed by atoms with Crippen LogP contribution >= 0.6 is 23.2 Å². The predicted molar refractivity (Wildman–Crippen MR) is 163 cm³/mol. The Kier molecular flexibility index (Phi) is 11.6. The molecule has 2 unspecified atom stereocenters. The summed E-state index contributed by atoms with van der Waals surface area (Å²) in [6.07, 6.45) is 2.01. The van der Waals surface area contributed by atoms with Crippen molar-refractivity contribution in [2.45, 2.75) is 26.3 Å². The molecule has 0 amide bonds. The second-order valence-corrected chi connectivity index (χ2v) is 10.4. The molecule has 1 aliphatic rings. The summed E-state index contributed by atoms with van der Waals surface area (Å²) >= 11 is 12.9. The summed E-state index contributed by atoms with van der Waals surface area (Å²) in [5, 5.41) is 5.12. The van der Waals surface area contributed by atoms with E-state index >= 15 is 0 Å². The fraction of sp³-hybridized carbons (Fsp3) is 0.387. The Morgan fingerprint density at radius 2 is 1.83 bits per heavy atom. The summed E-state index contributed by atoms with van der Waals surface area (Å²) in [6, 6.07) is 13.3. The molecule has 0 radical (unpaired) electrons. The SMILES string of the molecule is CCOC(=O)C1=C(COCCOCCNCc2c[nH]c3ccccc23)N=C(C)C(C(=O)OC)C1c1cccc(Cl)c1Cl. The van der Waals surface area contributed by atoms with Crippen molar-refractivity contribution in [2.24, 2.45) is 10.9 Å². The highest BCUT2D eigenvalue weighted by molar-refractivity contribution is 6.42. The van der Waals surface area contributed by atoms with Crippen molar-refractivity contribution in [1.29, 1.82) is 0 Å². The lowest BCUT2D eigenvalue weighted by molar-refractivity contribution is -0.144. The fourth-order valence-electron chi connectivity index (χ4n) is 5.06. The number of halogens is 2. The van der Waals surface area contributed by atoms with E-state index in [4.69, 9.17) is 42.1 Å². The van der Waals surface area contributed by atoms with Crippen LogP contribution in [0.25, 0.3) is 10.9 Å². The minimum Gasteiger partial charge on any atom is -0.468 e. The van der Waals surface area contributed by atoms with Crippen molar-refractivity contribution < 1.29 is 28.5 Å². The topological polar surface area (TPSA) is 111 Å². The molecule has 2 aromatic carbocycles. The summed E-state index contributed by atoms with van der Waals surface area (Å²) in [4.78, 5) is 34.1. The Morgan fingerprint density at radius 3 is 2.62 bits per heavy atom. The van der Waals surface area contributed by atoms with Crippen LogP contribution in [-0.4, -0.2) is 69.3 Å². The van der Waals surface area contributed by atoms with Crippen molar-refractivity contribution in [3.63, 3.8) is 0 Å². The quantitative estimate of drug-likeness (QED) is 0.183. The van der Waals surface area contributed by atoms with Gasteiger partial charge in [-0.3, -0.25) is 9.79 Å². The molecule has 1 aromatic heterocycles. The molecule has 9 nitrogen and oxygen atoms in total. The maximum Gasteiger partial charge on any atom is 0.336 e. The van der Waals surface area contributed by atoms with E-state index < -0.39 is 23.8 Å². The lowest BCUT2D eigenvalue weighted by atomic mass is 9.75. The van der Waals surface area contributed by atoms with E-state index in [0.717, 1.165) is 12.1 Å². The van der Waals surface area contributed by atoms with Gasteiger partial charge in [-0.05, 0) is 37.1 Å². The highest BCUT2D eigenvalue weighted by atomic mass is 35.5. The van der Waals surface area contributed by atoms with E-state index in [0.29, 0.717) is 41.8 Å². The Labute approximate surface area is 255 Å². The molecule has 0 spiro atoms. The maximum absolute atomic E-state index is 13.3. The first-order valence-electron chi connectivity index (χ1n) is 13.8. The lowest BCUT2D eigenvalue weighted by Gasteiger charge is -2.32. The minimum atomic E-state index is -0.894. The number of hydrogen-bond acceptors (Lipinski definition) is 8. The van der Waals surface area contributed by atoms with Gasteiger partial charge in [0.25, 0.3) is 0 Å². The van der Waals surface area contributed by atoms with Gasteiger partial charge >= 0.3 is 11.9 Å². The maximum atomic E-state index is 13.3. The van der Waals surface area contributed by atoms with Crippen molar-refractivity contribution >= 4 is 51.8 Å². The summed E-state index contributed by atoms with van der Waals surface area (Å²) in [6.45, 7) is 6.12. The number of fused-ring (bicyclic) bond motifs is 1. The number of aliphatic imine (C=N–C) groups is 1. The molecule has 1 aliphatic heterocycles. The molecule has 2 atom stereocenters. The molecule has 0 fully saturated rings. The molecule has 0 saturated heterocycles. The van der Waals surface area contributed by atoms with Crippen LogP contribution in [0.15, 0.2) is 64.9 Å². The van der Waals surface area contributed by atoms with Gasteiger partial charge in [-0.1, -0.05) is 53.5 Å². The number of carbonyl (C=O) groups is 2. The average molecular weight is 617 g/mol. The first-order valence-corrected chi connectivity index (χ1v) is 14.5. The smallest absolute Gasteiger partial charge is 0.336 e. The Morgan fingerprint density at radius 1 is 1.05 bits per heavy atom. The number of esters is 2. The van der Waals surface area contributed by atoms with Crippen molar-refractivity contribution in [2.75, 3.05) is 46.7 Å². The zero-order valence-corrected chi connectivity index (χ0v) is 25.4. The monoisotopic (exact) mass is 615 g/mol. The molecule has 224 valence electrons. The molecule has 0 saturated carbocycles. The third kappa shape index (κ3) is 7.40. The van der Waals surface area contributed by atoms with Crippen molar-refractivity contribution in [1.82, 2.24) is 10.3 Å². The number of nitrogens with zero attached hydrogens (tertiary/aromatic N) is 1. The molecule has 0 aliphatic carbocycles. The summed E-state index contributed by atoms with van der Waals surface area (Å²) in [7, 11) is 1.29. The van der Waals surface area contributed by atoms with Gasteiger partial charge in [0.05, 0.1) is 61.5 Å². The largest absolute Gasteiger partial charge is 0.468 e. The molecular weight excluding hydrogens is 581 g/mol. The van der Waals surface area contributed by atoms with Crippen LogP contribution in [-0.2, 0) is 35.1 Å². The predicted octanol–water partition coefficient (Wildman–Crippen LogP) is 5.46. The van der Waals surface area contributed by atoms with Crippen LogP contribution in [0.1, 0.15) is 30.9 Å². The first-order chi connectivity index (χ1) is 20.4. The molecule has 4 rings (SSSR count). The van der Waals surface area contributed by atoms with E-state index in [-0.39, 0.29) is 30.4 Å². The molecule has 2 N–H and O–H groups in total. The third-order valence-electron chi connectivity index (χ3n) is 7.01. The van der Waals surface area contributed by atoms with Gasteiger partial charge < -0.3 is 29.2 Å². The van der Waals surface area contributed by atoms with E-state index in [9.17, 15) is 9.59 Å². The zero-order chi connectivity index (χ0) is 30.1. The molecule has 0 bridgehead atoms. The van der Waals surface area contributed by atoms with Crippen LogP contribution < -0.4 is 5.32 Å². The second kappa shape index (κ2) is 15.3. The molecule has 3 aromatic rings.